The van der Waals surface area contributed by atoms with Crippen molar-refractivity contribution in [1.82, 2.24) is 4.90 Å². The fourth-order valence-electron chi connectivity index (χ4n) is 4.80. The third-order valence-electron chi connectivity index (χ3n) is 5.97. The van der Waals surface area contributed by atoms with Gasteiger partial charge in [0.05, 0.1) is 17.2 Å². The summed E-state index contributed by atoms with van der Waals surface area (Å²) in [5.74, 6) is -0.0338. The zero-order chi connectivity index (χ0) is 18.5. The lowest BCUT2D eigenvalue weighted by Gasteiger charge is -2.34. The van der Waals surface area contributed by atoms with E-state index < -0.39 is 4.92 Å². The van der Waals surface area contributed by atoms with Gasteiger partial charge in [-0.1, -0.05) is 37.3 Å². The normalized spacial score (nSPS) is 24.5. The van der Waals surface area contributed by atoms with Crippen LogP contribution in [-0.2, 0) is 11.8 Å². The lowest BCUT2D eigenvalue weighted by molar-refractivity contribution is -0.384. The molecule has 2 aliphatic rings. The average Bonchev–Trinajstić information content (AvgIpc) is 3.06. The molecular weight excluding hydrogens is 330 g/mol. The highest BCUT2D eigenvalue weighted by atomic mass is 16.6. The van der Waals surface area contributed by atoms with E-state index in [-0.39, 0.29) is 23.0 Å². The van der Waals surface area contributed by atoms with Gasteiger partial charge in [-0.15, -0.1) is 0 Å². The molecule has 0 radical (unpaired) electrons. The molecule has 136 valence electrons. The minimum Gasteiger partial charge on any atom is -0.508 e. The number of phenolic OH excluding ortho intramolecular Hbond substituents is 1. The summed E-state index contributed by atoms with van der Waals surface area (Å²) in [6.07, 6.45) is 1.94. The fourth-order valence-corrected chi connectivity index (χ4v) is 4.80. The number of benzene rings is 2. The van der Waals surface area contributed by atoms with E-state index in [9.17, 15) is 15.2 Å². The number of anilines is 1. The summed E-state index contributed by atoms with van der Waals surface area (Å²) in [6, 6.07) is 13.3. The molecule has 0 spiro atoms. The van der Waals surface area contributed by atoms with Crippen LogP contribution in [0.3, 0.4) is 0 Å². The van der Waals surface area contributed by atoms with Crippen molar-refractivity contribution in [3.63, 3.8) is 0 Å². The Morgan fingerprint density at radius 1 is 1.31 bits per heavy atom. The van der Waals surface area contributed by atoms with Crippen LogP contribution >= 0.6 is 0 Å². The van der Waals surface area contributed by atoms with Gasteiger partial charge in [0, 0.05) is 25.6 Å². The second-order valence-electron chi connectivity index (χ2n) is 7.54. The number of phenols is 1. The van der Waals surface area contributed by atoms with Crippen molar-refractivity contribution in [1.29, 1.82) is 0 Å². The van der Waals surface area contributed by atoms with Gasteiger partial charge in [-0.2, -0.15) is 0 Å². The molecule has 1 fully saturated rings. The standard InChI is InChI=1S/C20H23N3O3/c1-20-9-11-22(10-8-14-6-4-3-5-7-14)19(20)21(2)18-16(20)12-15(24)13-17(18)23(25)26/h3-7,12-13,19,24H,8-11H2,1-2H3/t19?,20-/m0/s1. The van der Waals surface area contributed by atoms with Gasteiger partial charge in [0.1, 0.15) is 11.4 Å². The maximum absolute atomic E-state index is 11.5. The Hall–Kier alpha value is -2.60. The van der Waals surface area contributed by atoms with E-state index in [0.29, 0.717) is 5.69 Å². The van der Waals surface area contributed by atoms with Crippen molar-refractivity contribution in [2.75, 3.05) is 25.0 Å². The molecule has 26 heavy (non-hydrogen) atoms. The first-order valence-electron chi connectivity index (χ1n) is 8.94. The van der Waals surface area contributed by atoms with Gasteiger partial charge < -0.3 is 10.0 Å². The molecule has 0 aliphatic carbocycles. The van der Waals surface area contributed by atoms with Crippen molar-refractivity contribution in [3.05, 3.63) is 63.7 Å². The lowest BCUT2D eigenvalue weighted by atomic mass is 9.81. The van der Waals surface area contributed by atoms with E-state index in [1.165, 1.54) is 11.6 Å². The minimum absolute atomic E-state index is 0.0128. The zero-order valence-electron chi connectivity index (χ0n) is 15.1. The van der Waals surface area contributed by atoms with Crippen LogP contribution in [0.15, 0.2) is 42.5 Å². The summed E-state index contributed by atoms with van der Waals surface area (Å²) >= 11 is 0. The molecule has 1 unspecified atom stereocenters. The Kier molecular flexibility index (Phi) is 3.88. The van der Waals surface area contributed by atoms with Crippen molar-refractivity contribution in [3.8, 4) is 5.75 Å². The number of aromatic hydroxyl groups is 1. The summed E-state index contributed by atoms with van der Waals surface area (Å²) in [5, 5.41) is 21.6. The molecule has 0 aromatic heterocycles. The molecule has 2 aromatic carbocycles. The van der Waals surface area contributed by atoms with E-state index in [1.54, 1.807) is 6.07 Å². The first-order valence-corrected chi connectivity index (χ1v) is 8.94. The minimum atomic E-state index is -0.395. The van der Waals surface area contributed by atoms with Crippen LogP contribution in [-0.4, -0.2) is 41.2 Å². The van der Waals surface area contributed by atoms with Crippen LogP contribution < -0.4 is 4.90 Å². The molecule has 2 heterocycles. The van der Waals surface area contributed by atoms with Gasteiger partial charge in [-0.25, -0.2) is 0 Å². The van der Waals surface area contributed by atoms with Gasteiger partial charge in [-0.05, 0) is 30.0 Å². The van der Waals surface area contributed by atoms with E-state index in [0.717, 1.165) is 31.5 Å². The summed E-state index contributed by atoms with van der Waals surface area (Å²) in [5.41, 5.74) is 2.59. The van der Waals surface area contributed by atoms with Gasteiger partial charge in [-0.3, -0.25) is 15.0 Å². The number of hydrogen-bond acceptors (Lipinski definition) is 5. The largest absolute Gasteiger partial charge is 0.508 e. The Bertz CT molecular complexity index is 855. The molecular formula is C20H23N3O3. The summed E-state index contributed by atoms with van der Waals surface area (Å²) in [7, 11) is 1.93. The van der Waals surface area contributed by atoms with Crippen LogP contribution in [0.4, 0.5) is 11.4 Å². The number of nitrogens with zero attached hydrogens (tertiary/aromatic N) is 3. The number of likely N-dealkylation sites (N-methyl/N-ethyl adjacent to an activating group) is 1. The zero-order valence-corrected chi connectivity index (χ0v) is 15.1. The third kappa shape index (κ3) is 2.44. The molecule has 2 atom stereocenters. The van der Waals surface area contributed by atoms with Crippen LogP contribution in [0, 0.1) is 10.1 Å². The highest BCUT2D eigenvalue weighted by molar-refractivity contribution is 5.76. The van der Waals surface area contributed by atoms with Crippen LogP contribution in [0.1, 0.15) is 24.5 Å². The maximum Gasteiger partial charge on any atom is 0.296 e. The Morgan fingerprint density at radius 3 is 2.73 bits per heavy atom. The van der Waals surface area contributed by atoms with Gasteiger partial charge in [0.2, 0.25) is 0 Å². The number of fused-ring (bicyclic) bond motifs is 3. The van der Waals surface area contributed by atoms with Crippen molar-refractivity contribution < 1.29 is 10.0 Å². The topological polar surface area (TPSA) is 69.8 Å². The SMILES string of the molecule is CN1c2c([N+](=O)[O-])cc(O)cc2[C@]2(C)CCN(CCc3ccccc3)C12. The third-order valence-corrected chi connectivity index (χ3v) is 5.97. The molecule has 1 saturated heterocycles. The number of nitro groups is 1. The van der Waals surface area contributed by atoms with Crippen molar-refractivity contribution in [2.24, 2.45) is 0 Å². The molecule has 2 aromatic rings. The summed E-state index contributed by atoms with van der Waals surface area (Å²) < 4.78 is 0. The van der Waals surface area contributed by atoms with E-state index >= 15 is 0 Å². The molecule has 0 bridgehead atoms. The second-order valence-corrected chi connectivity index (χ2v) is 7.54. The summed E-state index contributed by atoms with van der Waals surface area (Å²) in [6.45, 7) is 4.01. The van der Waals surface area contributed by atoms with Crippen LogP contribution in [0.25, 0.3) is 0 Å². The molecule has 0 amide bonds. The predicted molar refractivity (Wildman–Crippen MR) is 101 cm³/mol. The molecule has 0 saturated carbocycles. The van der Waals surface area contributed by atoms with Crippen LogP contribution in [0.2, 0.25) is 0 Å². The van der Waals surface area contributed by atoms with Gasteiger partial charge in [0.25, 0.3) is 5.69 Å². The van der Waals surface area contributed by atoms with E-state index in [4.69, 9.17) is 0 Å². The molecule has 2 aliphatic heterocycles. The highest BCUT2D eigenvalue weighted by Crippen LogP contribution is 2.55. The Morgan fingerprint density at radius 2 is 2.04 bits per heavy atom. The highest BCUT2D eigenvalue weighted by Gasteiger charge is 2.55. The number of rotatable bonds is 4. The Labute approximate surface area is 152 Å². The average molecular weight is 353 g/mol. The van der Waals surface area contributed by atoms with Gasteiger partial charge >= 0.3 is 0 Å². The summed E-state index contributed by atoms with van der Waals surface area (Å²) in [4.78, 5) is 15.6. The fraction of sp³-hybridized carbons (Fsp3) is 0.400. The quantitative estimate of drug-likeness (QED) is 0.675. The lowest BCUT2D eigenvalue weighted by Crippen LogP contribution is -2.47. The van der Waals surface area contributed by atoms with Crippen molar-refractivity contribution >= 4 is 11.4 Å². The molecule has 6 nitrogen and oxygen atoms in total. The number of hydrogen-bond donors (Lipinski definition) is 1. The first kappa shape index (κ1) is 16.8. The van der Waals surface area contributed by atoms with E-state index in [2.05, 4.69) is 24.0 Å². The Balaban J connectivity index is 1.66. The molecule has 1 N–H and O–H groups in total. The van der Waals surface area contributed by atoms with Crippen molar-refractivity contribution in [2.45, 2.75) is 31.3 Å². The smallest absolute Gasteiger partial charge is 0.296 e. The number of nitro benzene ring substituents is 1. The molecule has 4 rings (SSSR count). The second kappa shape index (κ2) is 5.99. The predicted octanol–water partition coefficient (Wildman–Crippen LogP) is 3.28. The van der Waals surface area contributed by atoms with E-state index in [1.807, 2.05) is 30.1 Å². The monoisotopic (exact) mass is 353 g/mol. The molecule has 6 heteroatoms. The number of likely N-dealkylation sites (tertiary alicyclic amines) is 1. The van der Waals surface area contributed by atoms with Crippen LogP contribution in [0.5, 0.6) is 5.75 Å². The maximum atomic E-state index is 11.5. The van der Waals surface area contributed by atoms with Gasteiger partial charge in [0.15, 0.2) is 0 Å². The first-order chi connectivity index (χ1) is 12.4.